The van der Waals surface area contributed by atoms with Crippen molar-refractivity contribution >= 4 is 11.6 Å². The highest BCUT2D eigenvalue weighted by Crippen LogP contribution is 2.18. The van der Waals surface area contributed by atoms with Crippen LogP contribution in [0.2, 0.25) is 0 Å². The molecule has 1 rings (SSSR count). The van der Waals surface area contributed by atoms with Crippen LogP contribution >= 0.6 is 0 Å². The smallest absolute Gasteiger partial charge is 0.224 e. The molecular formula is C17H28N2O2. The van der Waals surface area contributed by atoms with Gasteiger partial charge in [-0.2, -0.15) is 0 Å². The maximum atomic E-state index is 11.3. The summed E-state index contributed by atoms with van der Waals surface area (Å²) in [6.45, 7) is 8.80. The Morgan fingerprint density at radius 2 is 1.71 bits per heavy atom. The van der Waals surface area contributed by atoms with E-state index in [-0.39, 0.29) is 5.91 Å². The molecule has 0 bridgehead atoms. The van der Waals surface area contributed by atoms with E-state index in [1.165, 1.54) is 0 Å². The fourth-order valence-electron chi connectivity index (χ4n) is 2.31. The maximum Gasteiger partial charge on any atom is 0.224 e. The number of aliphatic hydroxyl groups is 1. The van der Waals surface area contributed by atoms with Gasteiger partial charge in [0, 0.05) is 18.7 Å². The topological polar surface area (TPSA) is 52.6 Å². The minimum absolute atomic E-state index is 0.000338. The van der Waals surface area contributed by atoms with E-state index in [0.29, 0.717) is 13.0 Å². The van der Waals surface area contributed by atoms with Gasteiger partial charge in [-0.05, 0) is 43.6 Å². The van der Waals surface area contributed by atoms with Crippen LogP contribution in [0.1, 0.15) is 51.7 Å². The highest BCUT2D eigenvalue weighted by molar-refractivity contribution is 5.90. The van der Waals surface area contributed by atoms with Crippen LogP contribution in [-0.2, 0) is 4.79 Å². The molecule has 1 amide bonds. The molecule has 4 heteroatoms. The molecule has 0 saturated heterocycles. The molecule has 0 spiro atoms. The second kappa shape index (κ2) is 9.53. The molecule has 1 atom stereocenters. The minimum atomic E-state index is -0.487. The van der Waals surface area contributed by atoms with Crippen LogP contribution in [0.3, 0.4) is 0 Å². The van der Waals surface area contributed by atoms with Gasteiger partial charge >= 0.3 is 0 Å². The van der Waals surface area contributed by atoms with Crippen LogP contribution in [0.25, 0.3) is 0 Å². The summed E-state index contributed by atoms with van der Waals surface area (Å²) in [4.78, 5) is 13.6. The molecule has 0 radical (unpaired) electrons. The molecule has 1 aromatic rings. The van der Waals surface area contributed by atoms with Crippen molar-refractivity contribution in [1.29, 1.82) is 0 Å². The molecule has 0 aromatic heterocycles. The van der Waals surface area contributed by atoms with Gasteiger partial charge in [-0.3, -0.25) is 4.79 Å². The Morgan fingerprint density at radius 1 is 1.14 bits per heavy atom. The van der Waals surface area contributed by atoms with Crippen molar-refractivity contribution < 1.29 is 9.90 Å². The summed E-state index contributed by atoms with van der Waals surface area (Å²) in [6, 6.07) is 7.45. The lowest BCUT2D eigenvalue weighted by Gasteiger charge is -2.24. The van der Waals surface area contributed by atoms with E-state index < -0.39 is 6.10 Å². The van der Waals surface area contributed by atoms with Gasteiger partial charge in [0.15, 0.2) is 0 Å². The summed E-state index contributed by atoms with van der Waals surface area (Å²) >= 11 is 0. The molecule has 0 aliphatic carbocycles. The molecule has 21 heavy (non-hydrogen) atoms. The van der Waals surface area contributed by atoms with Gasteiger partial charge in [0.05, 0.1) is 6.10 Å². The lowest BCUT2D eigenvalue weighted by Crippen LogP contribution is -2.30. The predicted octanol–water partition coefficient (Wildman–Crippen LogP) is 3.19. The van der Waals surface area contributed by atoms with Crippen molar-refractivity contribution in [3.63, 3.8) is 0 Å². The number of nitrogens with zero attached hydrogens (tertiary/aromatic N) is 1. The van der Waals surface area contributed by atoms with Crippen molar-refractivity contribution in [3.8, 4) is 0 Å². The monoisotopic (exact) mass is 292 g/mol. The quantitative estimate of drug-likeness (QED) is 0.735. The van der Waals surface area contributed by atoms with E-state index in [1.54, 1.807) is 0 Å². The number of rotatable bonds is 9. The van der Waals surface area contributed by atoms with Crippen molar-refractivity contribution in [2.75, 3.05) is 25.0 Å². The van der Waals surface area contributed by atoms with E-state index in [9.17, 15) is 9.90 Å². The summed E-state index contributed by atoms with van der Waals surface area (Å²) in [7, 11) is 0. The summed E-state index contributed by atoms with van der Waals surface area (Å²) in [5.41, 5.74) is 1.67. The van der Waals surface area contributed by atoms with Crippen LogP contribution in [-0.4, -0.2) is 35.5 Å². The highest BCUT2D eigenvalue weighted by atomic mass is 16.3. The van der Waals surface area contributed by atoms with Gasteiger partial charge in [0.25, 0.3) is 0 Å². The number of amides is 1. The molecule has 1 aromatic carbocycles. The molecule has 118 valence electrons. The van der Waals surface area contributed by atoms with Gasteiger partial charge < -0.3 is 15.3 Å². The molecule has 1 unspecified atom stereocenters. The third-order valence-corrected chi connectivity index (χ3v) is 3.41. The third kappa shape index (κ3) is 6.27. The number of carbonyl (C=O) groups excluding carboxylic acids is 1. The average Bonchev–Trinajstić information content (AvgIpc) is 2.48. The summed E-state index contributed by atoms with van der Waals surface area (Å²) in [5, 5.41) is 13.1. The van der Waals surface area contributed by atoms with Crippen molar-refractivity contribution in [1.82, 2.24) is 4.90 Å². The maximum absolute atomic E-state index is 11.3. The fourth-order valence-corrected chi connectivity index (χ4v) is 2.31. The number of hydrogen-bond donors (Lipinski definition) is 2. The fraction of sp³-hybridized carbons (Fsp3) is 0.588. The Hall–Kier alpha value is -1.39. The van der Waals surface area contributed by atoms with E-state index >= 15 is 0 Å². The SMILES string of the molecule is CCCN(CCC)CC(O)c1ccc(NC(=O)CC)cc1. The Labute approximate surface area is 128 Å². The summed E-state index contributed by atoms with van der Waals surface area (Å²) in [5.74, 6) is 0.000338. The standard InChI is InChI=1S/C17H28N2O2/c1-4-11-19(12-5-2)13-16(20)14-7-9-15(10-8-14)18-17(21)6-3/h7-10,16,20H,4-6,11-13H2,1-3H3,(H,18,21). The van der Waals surface area contributed by atoms with Crippen LogP contribution in [0, 0.1) is 0 Å². The lowest BCUT2D eigenvalue weighted by atomic mass is 10.1. The number of nitrogens with one attached hydrogen (secondary N) is 1. The van der Waals surface area contributed by atoms with E-state index in [1.807, 2.05) is 31.2 Å². The first-order chi connectivity index (χ1) is 10.1. The Morgan fingerprint density at radius 3 is 2.19 bits per heavy atom. The molecule has 0 aliphatic rings. The minimum Gasteiger partial charge on any atom is -0.387 e. The second-order valence-electron chi connectivity index (χ2n) is 5.34. The number of carbonyl (C=O) groups is 1. The van der Waals surface area contributed by atoms with Gasteiger partial charge in [0.2, 0.25) is 5.91 Å². The number of hydrogen-bond acceptors (Lipinski definition) is 3. The molecule has 2 N–H and O–H groups in total. The average molecular weight is 292 g/mol. The zero-order valence-corrected chi connectivity index (χ0v) is 13.4. The number of aliphatic hydroxyl groups excluding tert-OH is 1. The zero-order chi connectivity index (χ0) is 15.7. The Kier molecular flexibility index (Phi) is 8.01. The molecule has 0 saturated carbocycles. The van der Waals surface area contributed by atoms with E-state index in [0.717, 1.165) is 37.2 Å². The van der Waals surface area contributed by atoms with Gasteiger partial charge in [-0.1, -0.05) is 32.9 Å². The highest BCUT2D eigenvalue weighted by Gasteiger charge is 2.12. The van der Waals surface area contributed by atoms with E-state index in [2.05, 4.69) is 24.1 Å². The normalized spacial score (nSPS) is 12.4. The first-order valence-electron chi connectivity index (χ1n) is 7.90. The Bertz CT molecular complexity index is 411. The molecule has 0 fully saturated rings. The first-order valence-corrected chi connectivity index (χ1v) is 7.90. The molecule has 4 nitrogen and oxygen atoms in total. The molecule has 0 aliphatic heterocycles. The number of anilines is 1. The molecule has 0 heterocycles. The largest absolute Gasteiger partial charge is 0.387 e. The molecular weight excluding hydrogens is 264 g/mol. The van der Waals surface area contributed by atoms with Crippen LogP contribution < -0.4 is 5.32 Å². The van der Waals surface area contributed by atoms with E-state index in [4.69, 9.17) is 0 Å². The van der Waals surface area contributed by atoms with Crippen molar-refractivity contribution in [2.45, 2.75) is 46.1 Å². The third-order valence-electron chi connectivity index (χ3n) is 3.41. The van der Waals surface area contributed by atoms with Gasteiger partial charge in [-0.25, -0.2) is 0 Å². The lowest BCUT2D eigenvalue weighted by molar-refractivity contribution is -0.115. The zero-order valence-electron chi connectivity index (χ0n) is 13.4. The van der Waals surface area contributed by atoms with Gasteiger partial charge in [-0.15, -0.1) is 0 Å². The van der Waals surface area contributed by atoms with Crippen LogP contribution in [0.15, 0.2) is 24.3 Å². The summed E-state index contributed by atoms with van der Waals surface area (Å²) in [6.07, 6.45) is 2.16. The summed E-state index contributed by atoms with van der Waals surface area (Å²) < 4.78 is 0. The van der Waals surface area contributed by atoms with Gasteiger partial charge in [0.1, 0.15) is 0 Å². The van der Waals surface area contributed by atoms with Crippen LogP contribution in [0.4, 0.5) is 5.69 Å². The van der Waals surface area contributed by atoms with Crippen molar-refractivity contribution in [3.05, 3.63) is 29.8 Å². The second-order valence-corrected chi connectivity index (χ2v) is 5.34. The van der Waals surface area contributed by atoms with Crippen LogP contribution in [0.5, 0.6) is 0 Å². The first kappa shape index (κ1) is 17.7. The van der Waals surface area contributed by atoms with Crippen molar-refractivity contribution in [2.24, 2.45) is 0 Å². The Balaban J connectivity index is 2.61. The predicted molar refractivity (Wildman–Crippen MR) is 87.3 cm³/mol. The number of benzene rings is 1.